The first kappa shape index (κ1) is 11.2. The van der Waals surface area contributed by atoms with Crippen LogP contribution in [0.25, 0.3) is 0 Å². The molecule has 14 heavy (non-hydrogen) atoms. The van der Waals surface area contributed by atoms with Crippen molar-refractivity contribution in [3.05, 3.63) is 23.2 Å². The van der Waals surface area contributed by atoms with Gasteiger partial charge in [0.1, 0.15) is 4.90 Å². The molecule has 0 saturated carbocycles. The van der Waals surface area contributed by atoms with Crippen molar-refractivity contribution >= 4 is 43.1 Å². The van der Waals surface area contributed by atoms with E-state index >= 15 is 0 Å². The third-order valence-electron chi connectivity index (χ3n) is 1.35. The van der Waals surface area contributed by atoms with Crippen LogP contribution in [0.5, 0.6) is 0 Å². The highest BCUT2D eigenvalue weighted by molar-refractivity contribution is 8.13. The maximum Gasteiger partial charge on any atom is 0.262 e. The zero-order valence-corrected chi connectivity index (χ0v) is 8.90. The van der Waals surface area contributed by atoms with Crippen LogP contribution in [0.3, 0.4) is 0 Å². The second-order valence-electron chi connectivity index (χ2n) is 2.26. The van der Waals surface area contributed by atoms with Gasteiger partial charge in [-0.05, 0) is 18.2 Å². The summed E-state index contributed by atoms with van der Waals surface area (Å²) in [6.07, 6.45) is 1.28. The van der Waals surface area contributed by atoms with Crippen LogP contribution in [0.1, 0.15) is 0 Å². The molecule has 0 aliphatic heterocycles. The van der Waals surface area contributed by atoms with Gasteiger partial charge in [0.05, 0.1) is 10.7 Å². The van der Waals surface area contributed by atoms with E-state index in [9.17, 15) is 13.2 Å². The lowest BCUT2D eigenvalue weighted by Crippen LogP contribution is -1.91. The lowest BCUT2D eigenvalue weighted by molar-refractivity contribution is 0.565. The first-order valence-electron chi connectivity index (χ1n) is 3.27. The van der Waals surface area contributed by atoms with Gasteiger partial charge in [-0.25, -0.2) is 13.2 Å². The Balaban J connectivity index is 3.43. The Morgan fingerprint density at radius 1 is 1.36 bits per heavy atom. The molecule has 7 heteroatoms. The van der Waals surface area contributed by atoms with Gasteiger partial charge in [0.2, 0.25) is 6.08 Å². The van der Waals surface area contributed by atoms with Crippen molar-refractivity contribution in [1.82, 2.24) is 0 Å². The summed E-state index contributed by atoms with van der Waals surface area (Å²) in [5.41, 5.74) is 0.128. The summed E-state index contributed by atoms with van der Waals surface area (Å²) in [7, 11) is 1.16. The summed E-state index contributed by atoms with van der Waals surface area (Å²) in [5.74, 6) is 0. The Bertz CT molecular complexity index is 506. The second-order valence-corrected chi connectivity index (χ2v) is 5.20. The molecule has 0 saturated heterocycles. The van der Waals surface area contributed by atoms with Crippen LogP contribution in [0.2, 0.25) is 5.02 Å². The van der Waals surface area contributed by atoms with Gasteiger partial charge >= 0.3 is 0 Å². The number of benzene rings is 1. The maximum absolute atomic E-state index is 11.0. The number of isocyanates is 1. The topological polar surface area (TPSA) is 63.6 Å². The average molecular weight is 252 g/mol. The summed E-state index contributed by atoms with van der Waals surface area (Å²) in [4.78, 5) is 12.9. The number of hydrogen-bond donors (Lipinski definition) is 0. The lowest BCUT2D eigenvalue weighted by atomic mass is 10.3. The number of carbonyl (C=O) groups excluding carboxylic acids is 1. The summed E-state index contributed by atoms with van der Waals surface area (Å²) >= 11 is 5.58. The molecule has 0 aliphatic carbocycles. The Kier molecular flexibility index (Phi) is 3.29. The van der Waals surface area contributed by atoms with E-state index in [0.29, 0.717) is 0 Å². The average Bonchev–Trinajstić information content (AvgIpc) is 2.07. The van der Waals surface area contributed by atoms with Crippen molar-refractivity contribution in [3.63, 3.8) is 0 Å². The van der Waals surface area contributed by atoms with Crippen LogP contribution in [0, 0.1) is 0 Å². The lowest BCUT2D eigenvalue weighted by Gasteiger charge is -1.99. The first-order chi connectivity index (χ1) is 6.45. The van der Waals surface area contributed by atoms with E-state index in [1.54, 1.807) is 0 Å². The summed E-state index contributed by atoms with van der Waals surface area (Å²) in [5, 5.41) is -0.0233. The molecule has 0 atom stereocenters. The van der Waals surface area contributed by atoms with E-state index in [0.717, 1.165) is 6.07 Å². The van der Waals surface area contributed by atoms with Crippen LogP contribution >= 0.6 is 22.3 Å². The van der Waals surface area contributed by atoms with E-state index in [1.807, 2.05) is 0 Å². The van der Waals surface area contributed by atoms with Crippen molar-refractivity contribution in [2.45, 2.75) is 4.90 Å². The van der Waals surface area contributed by atoms with Crippen LogP contribution in [-0.4, -0.2) is 14.5 Å². The third kappa shape index (κ3) is 2.56. The minimum Gasteiger partial charge on any atom is -0.211 e. The molecule has 0 N–H and O–H groups in total. The predicted octanol–water partition coefficient (Wildman–Crippen LogP) is 2.23. The van der Waals surface area contributed by atoms with Crippen molar-refractivity contribution in [2.24, 2.45) is 4.99 Å². The van der Waals surface area contributed by atoms with E-state index in [1.165, 1.54) is 18.2 Å². The molecule has 0 amide bonds. The zero-order chi connectivity index (χ0) is 10.8. The fourth-order valence-corrected chi connectivity index (χ4v) is 2.29. The quantitative estimate of drug-likeness (QED) is 0.460. The number of nitrogens with zero attached hydrogens (tertiary/aromatic N) is 1. The number of hydrogen-bond acceptors (Lipinski definition) is 4. The standard InChI is InChI=1S/C7H3Cl2NO3S/c8-6-2-1-5(10-4-11)3-7(6)14(9,12)13/h1-3H. The molecule has 0 unspecified atom stereocenters. The molecule has 0 spiro atoms. The van der Waals surface area contributed by atoms with Gasteiger partial charge in [-0.15, -0.1) is 0 Å². The molecule has 1 aromatic carbocycles. The molecule has 0 fully saturated rings. The minimum absolute atomic E-state index is 0.0233. The molecule has 0 aliphatic rings. The minimum atomic E-state index is -3.92. The maximum atomic E-state index is 11.0. The van der Waals surface area contributed by atoms with E-state index in [2.05, 4.69) is 4.99 Å². The van der Waals surface area contributed by atoms with Gasteiger partial charge in [-0.3, -0.25) is 0 Å². The molecule has 4 nitrogen and oxygen atoms in total. The fraction of sp³-hybridized carbons (Fsp3) is 0. The van der Waals surface area contributed by atoms with Gasteiger partial charge < -0.3 is 0 Å². The Hall–Kier alpha value is -0.870. The van der Waals surface area contributed by atoms with Crippen LogP contribution in [0.15, 0.2) is 28.1 Å². The normalized spacial score (nSPS) is 10.7. The Morgan fingerprint density at radius 2 is 2.00 bits per heavy atom. The largest absolute Gasteiger partial charge is 0.262 e. The molecule has 0 radical (unpaired) electrons. The van der Waals surface area contributed by atoms with Gasteiger partial charge in [0.15, 0.2) is 0 Å². The Morgan fingerprint density at radius 3 is 2.50 bits per heavy atom. The van der Waals surface area contributed by atoms with E-state index in [-0.39, 0.29) is 15.6 Å². The van der Waals surface area contributed by atoms with Crippen LogP contribution in [-0.2, 0) is 13.8 Å². The molecule has 0 bridgehead atoms. The summed E-state index contributed by atoms with van der Waals surface area (Å²) in [6, 6.07) is 3.75. The molecular formula is C7H3Cl2NO3S. The van der Waals surface area contributed by atoms with Crippen molar-refractivity contribution in [1.29, 1.82) is 0 Å². The third-order valence-corrected chi connectivity index (χ3v) is 3.16. The van der Waals surface area contributed by atoms with E-state index in [4.69, 9.17) is 22.3 Å². The SMILES string of the molecule is O=C=Nc1ccc(Cl)c(S(=O)(=O)Cl)c1. The van der Waals surface area contributed by atoms with Crippen molar-refractivity contribution in [3.8, 4) is 0 Å². The Labute approximate surface area is 89.6 Å². The van der Waals surface area contributed by atoms with E-state index < -0.39 is 9.05 Å². The van der Waals surface area contributed by atoms with Gasteiger partial charge in [0, 0.05) is 10.7 Å². The van der Waals surface area contributed by atoms with Gasteiger partial charge in [-0.2, -0.15) is 4.99 Å². The van der Waals surface area contributed by atoms with Crippen molar-refractivity contribution in [2.75, 3.05) is 0 Å². The van der Waals surface area contributed by atoms with Crippen LogP contribution < -0.4 is 0 Å². The molecule has 1 aromatic rings. The molecular weight excluding hydrogens is 249 g/mol. The number of halogens is 2. The smallest absolute Gasteiger partial charge is 0.211 e. The fourth-order valence-electron chi connectivity index (χ4n) is 0.801. The van der Waals surface area contributed by atoms with Crippen LogP contribution in [0.4, 0.5) is 5.69 Å². The molecule has 1 rings (SSSR count). The highest BCUT2D eigenvalue weighted by Gasteiger charge is 2.15. The highest BCUT2D eigenvalue weighted by atomic mass is 35.7. The molecule has 0 aromatic heterocycles. The van der Waals surface area contributed by atoms with Crippen molar-refractivity contribution < 1.29 is 13.2 Å². The zero-order valence-electron chi connectivity index (χ0n) is 6.57. The highest BCUT2D eigenvalue weighted by Crippen LogP contribution is 2.28. The predicted molar refractivity (Wildman–Crippen MR) is 52.3 cm³/mol. The number of aliphatic imine (C=N–C) groups is 1. The van der Waals surface area contributed by atoms with Gasteiger partial charge in [-0.1, -0.05) is 11.6 Å². The molecule has 74 valence electrons. The monoisotopic (exact) mass is 251 g/mol. The summed E-state index contributed by atoms with van der Waals surface area (Å²) < 4.78 is 21.9. The summed E-state index contributed by atoms with van der Waals surface area (Å²) in [6.45, 7) is 0. The molecule has 0 heterocycles. The first-order valence-corrected chi connectivity index (χ1v) is 5.96. The van der Waals surface area contributed by atoms with Gasteiger partial charge in [0.25, 0.3) is 9.05 Å². The second kappa shape index (κ2) is 4.11. The number of rotatable bonds is 2.